The fraction of sp³-hybridized carbons (Fsp3) is 0.556. The van der Waals surface area contributed by atoms with Crippen molar-refractivity contribution in [3.63, 3.8) is 0 Å². The third-order valence-corrected chi connectivity index (χ3v) is 3.09. The van der Waals surface area contributed by atoms with Gasteiger partial charge in [-0.1, -0.05) is 58.0 Å². The van der Waals surface area contributed by atoms with Gasteiger partial charge in [0.1, 0.15) is 19.3 Å². The van der Waals surface area contributed by atoms with Crippen LogP contribution in [0.4, 0.5) is 0 Å². The Hall–Kier alpha value is -1.88. The van der Waals surface area contributed by atoms with Crippen molar-refractivity contribution in [2.24, 2.45) is 11.8 Å². The highest BCUT2D eigenvalue weighted by atomic mass is 16.6. The molecular weight excluding hydrogens is 296 g/mol. The van der Waals surface area contributed by atoms with E-state index in [-0.39, 0.29) is 37.0 Å². The fourth-order valence-corrected chi connectivity index (χ4v) is 1.62. The summed E-state index contributed by atoms with van der Waals surface area (Å²) in [4.78, 5) is 23.2. The molecule has 0 amide bonds. The predicted octanol–water partition coefficient (Wildman–Crippen LogP) is 2.97. The van der Waals surface area contributed by atoms with Crippen molar-refractivity contribution in [1.29, 1.82) is 0 Å². The molecule has 128 valence electrons. The molecule has 0 bridgehead atoms. The number of esters is 2. The van der Waals surface area contributed by atoms with Gasteiger partial charge in [0.15, 0.2) is 0 Å². The highest BCUT2D eigenvalue weighted by Crippen LogP contribution is 2.07. The SMILES string of the molecule is CC(C)C(=O)OCC(COC(=O)C(C)C)OCc1ccccc1. The lowest BCUT2D eigenvalue weighted by Gasteiger charge is -2.19. The zero-order valence-electron chi connectivity index (χ0n) is 14.3. The van der Waals surface area contributed by atoms with Crippen LogP contribution in [0, 0.1) is 11.8 Å². The molecule has 0 unspecified atom stereocenters. The summed E-state index contributed by atoms with van der Waals surface area (Å²) in [6.45, 7) is 7.55. The van der Waals surface area contributed by atoms with Crippen molar-refractivity contribution in [2.45, 2.75) is 40.4 Å². The van der Waals surface area contributed by atoms with Gasteiger partial charge in [0.2, 0.25) is 0 Å². The Morgan fingerprint density at radius 3 is 1.78 bits per heavy atom. The Morgan fingerprint density at radius 2 is 1.35 bits per heavy atom. The van der Waals surface area contributed by atoms with Crippen molar-refractivity contribution in [1.82, 2.24) is 0 Å². The molecule has 1 rings (SSSR count). The number of rotatable bonds is 9. The Labute approximate surface area is 137 Å². The molecule has 0 aromatic heterocycles. The number of carbonyl (C=O) groups excluding carboxylic acids is 2. The van der Waals surface area contributed by atoms with Crippen molar-refractivity contribution in [2.75, 3.05) is 13.2 Å². The maximum atomic E-state index is 11.6. The lowest BCUT2D eigenvalue weighted by molar-refractivity contribution is -0.159. The first-order valence-corrected chi connectivity index (χ1v) is 7.89. The molecule has 0 N–H and O–H groups in total. The van der Waals surface area contributed by atoms with Crippen LogP contribution in [0.2, 0.25) is 0 Å². The normalized spacial score (nSPS) is 11.1. The largest absolute Gasteiger partial charge is 0.463 e. The Balaban J connectivity index is 2.52. The number of carbonyl (C=O) groups is 2. The van der Waals surface area contributed by atoms with Gasteiger partial charge in [-0.2, -0.15) is 0 Å². The smallest absolute Gasteiger partial charge is 0.308 e. The van der Waals surface area contributed by atoms with Gasteiger partial charge >= 0.3 is 11.9 Å². The van der Waals surface area contributed by atoms with Crippen molar-refractivity contribution in [3.8, 4) is 0 Å². The number of benzene rings is 1. The Morgan fingerprint density at radius 1 is 0.870 bits per heavy atom. The molecule has 23 heavy (non-hydrogen) atoms. The molecule has 0 fully saturated rings. The van der Waals surface area contributed by atoms with Crippen LogP contribution < -0.4 is 0 Å². The van der Waals surface area contributed by atoms with Gasteiger partial charge in [0, 0.05) is 0 Å². The maximum absolute atomic E-state index is 11.6. The zero-order chi connectivity index (χ0) is 17.2. The summed E-state index contributed by atoms with van der Waals surface area (Å²) in [6, 6.07) is 9.65. The van der Waals surface area contributed by atoms with Crippen LogP contribution in [0.1, 0.15) is 33.3 Å². The molecule has 0 aliphatic heterocycles. The van der Waals surface area contributed by atoms with Gasteiger partial charge in [-0.3, -0.25) is 9.59 Å². The van der Waals surface area contributed by atoms with E-state index in [0.29, 0.717) is 6.61 Å². The van der Waals surface area contributed by atoms with E-state index in [0.717, 1.165) is 5.56 Å². The summed E-state index contributed by atoms with van der Waals surface area (Å²) in [5.41, 5.74) is 1.00. The second kappa shape index (κ2) is 10.0. The monoisotopic (exact) mass is 322 g/mol. The van der Waals surface area contributed by atoms with Crippen LogP contribution in [-0.4, -0.2) is 31.3 Å². The van der Waals surface area contributed by atoms with Crippen LogP contribution >= 0.6 is 0 Å². The molecule has 0 saturated carbocycles. The molecule has 0 saturated heterocycles. The molecule has 1 aromatic rings. The van der Waals surface area contributed by atoms with Gasteiger partial charge in [-0.15, -0.1) is 0 Å². The van der Waals surface area contributed by atoms with Gasteiger partial charge in [0.25, 0.3) is 0 Å². The topological polar surface area (TPSA) is 61.8 Å². The van der Waals surface area contributed by atoms with E-state index in [1.165, 1.54) is 0 Å². The molecule has 0 heterocycles. The van der Waals surface area contributed by atoms with Crippen LogP contribution in [0.15, 0.2) is 30.3 Å². The first kappa shape index (κ1) is 19.2. The standard InChI is InChI=1S/C18H26O5/c1-13(2)17(19)22-11-16(12-23-18(20)14(3)4)21-10-15-8-6-5-7-9-15/h5-9,13-14,16H,10-12H2,1-4H3. The average molecular weight is 322 g/mol. The van der Waals surface area contributed by atoms with E-state index in [9.17, 15) is 9.59 Å². The second-order valence-electron chi connectivity index (χ2n) is 5.99. The van der Waals surface area contributed by atoms with E-state index < -0.39 is 6.10 Å². The van der Waals surface area contributed by atoms with E-state index in [1.54, 1.807) is 27.7 Å². The molecule has 0 atom stereocenters. The van der Waals surface area contributed by atoms with Crippen LogP contribution in [-0.2, 0) is 30.4 Å². The van der Waals surface area contributed by atoms with E-state index >= 15 is 0 Å². The van der Waals surface area contributed by atoms with Gasteiger partial charge in [-0.05, 0) is 5.56 Å². The number of ether oxygens (including phenoxy) is 3. The van der Waals surface area contributed by atoms with Crippen molar-refractivity contribution in [3.05, 3.63) is 35.9 Å². The van der Waals surface area contributed by atoms with Gasteiger partial charge in [0.05, 0.1) is 18.4 Å². The fourth-order valence-electron chi connectivity index (χ4n) is 1.62. The molecule has 1 aromatic carbocycles. The predicted molar refractivity (Wildman–Crippen MR) is 86.6 cm³/mol. The number of hydrogen-bond acceptors (Lipinski definition) is 5. The maximum Gasteiger partial charge on any atom is 0.308 e. The molecule has 0 spiro atoms. The van der Waals surface area contributed by atoms with Gasteiger partial charge in [-0.25, -0.2) is 0 Å². The molecule has 0 aliphatic rings. The Kier molecular flexibility index (Phi) is 8.33. The lowest BCUT2D eigenvalue weighted by Crippen LogP contribution is -2.30. The summed E-state index contributed by atoms with van der Waals surface area (Å²) >= 11 is 0. The molecule has 0 aliphatic carbocycles. The minimum atomic E-state index is -0.486. The van der Waals surface area contributed by atoms with Gasteiger partial charge < -0.3 is 14.2 Å². The van der Waals surface area contributed by atoms with Crippen molar-refractivity contribution >= 4 is 11.9 Å². The summed E-state index contributed by atoms with van der Waals surface area (Å²) in [5, 5.41) is 0. The van der Waals surface area contributed by atoms with Crippen LogP contribution in [0.25, 0.3) is 0 Å². The van der Waals surface area contributed by atoms with Crippen LogP contribution in [0.3, 0.4) is 0 Å². The lowest BCUT2D eigenvalue weighted by atomic mass is 10.2. The van der Waals surface area contributed by atoms with Crippen LogP contribution in [0.5, 0.6) is 0 Å². The first-order chi connectivity index (χ1) is 10.9. The quantitative estimate of drug-likeness (QED) is 0.654. The number of hydrogen-bond donors (Lipinski definition) is 0. The minimum Gasteiger partial charge on any atom is -0.463 e. The second-order valence-corrected chi connectivity index (χ2v) is 5.99. The highest BCUT2D eigenvalue weighted by molar-refractivity contribution is 5.72. The molecular formula is C18H26O5. The Bertz CT molecular complexity index is 457. The average Bonchev–Trinajstić information content (AvgIpc) is 2.54. The third-order valence-electron chi connectivity index (χ3n) is 3.09. The molecule has 5 nitrogen and oxygen atoms in total. The van der Waals surface area contributed by atoms with E-state index in [2.05, 4.69) is 0 Å². The summed E-state index contributed by atoms with van der Waals surface area (Å²) in [7, 11) is 0. The van der Waals surface area contributed by atoms with Crippen molar-refractivity contribution < 1.29 is 23.8 Å². The summed E-state index contributed by atoms with van der Waals surface area (Å²) in [6.07, 6.45) is -0.486. The molecule has 0 radical (unpaired) electrons. The first-order valence-electron chi connectivity index (χ1n) is 7.89. The third kappa shape index (κ3) is 7.79. The van der Waals surface area contributed by atoms with E-state index in [4.69, 9.17) is 14.2 Å². The minimum absolute atomic E-state index is 0.0647. The zero-order valence-corrected chi connectivity index (χ0v) is 14.3. The summed E-state index contributed by atoms with van der Waals surface area (Å²) in [5.74, 6) is -1.01. The molecule has 5 heteroatoms. The highest BCUT2D eigenvalue weighted by Gasteiger charge is 2.18. The summed E-state index contributed by atoms with van der Waals surface area (Å²) < 4.78 is 16.1. The van der Waals surface area contributed by atoms with E-state index in [1.807, 2.05) is 30.3 Å².